The van der Waals surface area contributed by atoms with Gasteiger partial charge in [0.05, 0.1) is 14.2 Å². The molecule has 0 atom stereocenters. The monoisotopic (exact) mass is 288 g/mol. The zero-order chi connectivity index (χ0) is 15.6. The van der Waals surface area contributed by atoms with E-state index in [-0.39, 0.29) is 17.0 Å². The van der Waals surface area contributed by atoms with E-state index in [0.29, 0.717) is 22.9 Å². The standard InChI is InChI=1S/C14H16N4O3/c1-8-6-11(19)13(14(15)16)17-18(8)10-5-4-9(20-2)7-12(10)21-3/h4-7H,1-3H3,(H3,15,16). The number of nitrogens with one attached hydrogen (secondary N) is 1. The molecule has 110 valence electrons. The fourth-order valence-electron chi connectivity index (χ4n) is 1.94. The Morgan fingerprint density at radius 2 is 2.00 bits per heavy atom. The van der Waals surface area contributed by atoms with Gasteiger partial charge in [0.2, 0.25) is 5.43 Å². The second-order valence-electron chi connectivity index (χ2n) is 4.36. The lowest BCUT2D eigenvalue weighted by Gasteiger charge is -2.15. The van der Waals surface area contributed by atoms with Crippen molar-refractivity contribution < 1.29 is 9.47 Å². The summed E-state index contributed by atoms with van der Waals surface area (Å²) in [4.78, 5) is 11.8. The molecular formula is C14H16N4O3. The van der Waals surface area contributed by atoms with Crippen LogP contribution in [0.25, 0.3) is 5.69 Å². The van der Waals surface area contributed by atoms with E-state index >= 15 is 0 Å². The molecule has 7 heteroatoms. The van der Waals surface area contributed by atoms with Gasteiger partial charge in [0, 0.05) is 17.8 Å². The SMILES string of the molecule is COc1ccc(-n2nc(C(=N)N)c(=O)cc2C)c(OC)c1. The van der Waals surface area contributed by atoms with Crippen molar-refractivity contribution in [3.63, 3.8) is 0 Å². The summed E-state index contributed by atoms with van der Waals surface area (Å²) in [5.41, 5.74) is 6.13. The predicted molar refractivity (Wildman–Crippen MR) is 78.7 cm³/mol. The van der Waals surface area contributed by atoms with Crippen LogP contribution in [0.3, 0.4) is 0 Å². The van der Waals surface area contributed by atoms with E-state index in [2.05, 4.69) is 5.10 Å². The Bertz CT molecular complexity index is 752. The van der Waals surface area contributed by atoms with Crippen molar-refractivity contribution in [2.45, 2.75) is 6.92 Å². The van der Waals surface area contributed by atoms with Crippen molar-refractivity contribution >= 4 is 5.84 Å². The van der Waals surface area contributed by atoms with Gasteiger partial charge in [-0.15, -0.1) is 0 Å². The smallest absolute Gasteiger partial charge is 0.211 e. The van der Waals surface area contributed by atoms with Gasteiger partial charge < -0.3 is 15.2 Å². The summed E-state index contributed by atoms with van der Waals surface area (Å²) in [5, 5.41) is 11.6. The molecule has 0 spiro atoms. The minimum Gasteiger partial charge on any atom is -0.497 e. The van der Waals surface area contributed by atoms with Gasteiger partial charge in [0.25, 0.3) is 0 Å². The summed E-state index contributed by atoms with van der Waals surface area (Å²) in [6.07, 6.45) is 0. The van der Waals surface area contributed by atoms with Gasteiger partial charge in [-0.25, -0.2) is 4.68 Å². The molecule has 0 saturated heterocycles. The van der Waals surface area contributed by atoms with Crippen molar-refractivity contribution in [3.05, 3.63) is 45.9 Å². The predicted octanol–water partition coefficient (Wildman–Crippen LogP) is 0.842. The Morgan fingerprint density at radius 3 is 2.57 bits per heavy atom. The van der Waals surface area contributed by atoms with Crippen LogP contribution in [0.1, 0.15) is 11.4 Å². The van der Waals surface area contributed by atoms with E-state index in [1.807, 2.05) is 0 Å². The number of nitrogens with two attached hydrogens (primary N) is 1. The highest BCUT2D eigenvalue weighted by Gasteiger charge is 2.13. The first kappa shape index (κ1) is 14.6. The van der Waals surface area contributed by atoms with Gasteiger partial charge >= 0.3 is 0 Å². The first-order valence-corrected chi connectivity index (χ1v) is 6.15. The number of hydrogen-bond acceptors (Lipinski definition) is 5. The summed E-state index contributed by atoms with van der Waals surface area (Å²) in [5.74, 6) is 0.797. The molecule has 0 amide bonds. The first-order valence-electron chi connectivity index (χ1n) is 6.15. The van der Waals surface area contributed by atoms with Crippen LogP contribution in [0.5, 0.6) is 11.5 Å². The minimum atomic E-state index is -0.385. The van der Waals surface area contributed by atoms with Crippen molar-refractivity contribution in [2.75, 3.05) is 14.2 Å². The Hall–Kier alpha value is -2.83. The second kappa shape index (κ2) is 5.66. The zero-order valence-electron chi connectivity index (χ0n) is 12.0. The fraction of sp³-hybridized carbons (Fsp3) is 0.214. The number of methoxy groups -OCH3 is 2. The molecule has 0 unspecified atom stereocenters. The highest BCUT2D eigenvalue weighted by Crippen LogP contribution is 2.27. The largest absolute Gasteiger partial charge is 0.497 e. The number of ether oxygens (including phenoxy) is 2. The molecule has 21 heavy (non-hydrogen) atoms. The minimum absolute atomic E-state index is 0.0986. The summed E-state index contributed by atoms with van der Waals surface area (Å²) in [6.45, 7) is 1.74. The van der Waals surface area contributed by atoms with Gasteiger partial charge in [-0.05, 0) is 19.1 Å². The molecular weight excluding hydrogens is 272 g/mol. The van der Waals surface area contributed by atoms with E-state index in [9.17, 15) is 4.79 Å². The maximum atomic E-state index is 11.8. The van der Waals surface area contributed by atoms with E-state index in [0.717, 1.165) is 0 Å². The Morgan fingerprint density at radius 1 is 1.29 bits per heavy atom. The van der Waals surface area contributed by atoms with E-state index < -0.39 is 0 Å². The van der Waals surface area contributed by atoms with Gasteiger partial charge in [0.1, 0.15) is 23.0 Å². The number of amidine groups is 1. The second-order valence-corrected chi connectivity index (χ2v) is 4.36. The number of hydrogen-bond donors (Lipinski definition) is 2. The van der Waals surface area contributed by atoms with Crippen LogP contribution in [-0.2, 0) is 0 Å². The normalized spacial score (nSPS) is 10.2. The summed E-state index contributed by atoms with van der Waals surface area (Å²) >= 11 is 0. The molecule has 1 aromatic carbocycles. The summed E-state index contributed by atoms with van der Waals surface area (Å²) < 4.78 is 12.0. The molecule has 0 saturated carbocycles. The molecule has 0 aliphatic carbocycles. The molecule has 0 aliphatic heterocycles. The lowest BCUT2D eigenvalue weighted by Crippen LogP contribution is -2.27. The van der Waals surface area contributed by atoms with Crippen LogP contribution in [0.2, 0.25) is 0 Å². The fourth-order valence-corrected chi connectivity index (χ4v) is 1.94. The Kier molecular flexibility index (Phi) is 3.93. The third-order valence-corrected chi connectivity index (χ3v) is 2.98. The van der Waals surface area contributed by atoms with E-state index in [1.165, 1.54) is 17.9 Å². The third kappa shape index (κ3) is 2.71. The molecule has 0 bridgehead atoms. The molecule has 2 rings (SSSR count). The maximum Gasteiger partial charge on any atom is 0.211 e. The topological polar surface area (TPSA) is 103 Å². The Labute approximate surface area is 121 Å². The zero-order valence-corrected chi connectivity index (χ0v) is 12.0. The number of benzene rings is 1. The molecule has 2 aromatic rings. The number of nitrogens with zero attached hydrogens (tertiary/aromatic N) is 2. The first-order chi connectivity index (χ1) is 9.97. The lowest BCUT2D eigenvalue weighted by molar-refractivity contribution is 0.392. The quantitative estimate of drug-likeness (QED) is 0.641. The number of rotatable bonds is 4. The van der Waals surface area contributed by atoms with Crippen molar-refractivity contribution in [1.82, 2.24) is 9.78 Å². The van der Waals surface area contributed by atoms with Gasteiger partial charge in [-0.2, -0.15) is 5.10 Å². The van der Waals surface area contributed by atoms with Gasteiger partial charge in [-0.3, -0.25) is 10.2 Å². The van der Waals surface area contributed by atoms with Crippen LogP contribution in [0.15, 0.2) is 29.1 Å². The average Bonchev–Trinajstić information content (AvgIpc) is 2.46. The van der Waals surface area contributed by atoms with Crippen molar-refractivity contribution in [2.24, 2.45) is 5.73 Å². The van der Waals surface area contributed by atoms with Crippen LogP contribution < -0.4 is 20.6 Å². The van der Waals surface area contributed by atoms with Crippen LogP contribution in [-0.4, -0.2) is 29.8 Å². The molecule has 3 N–H and O–H groups in total. The number of aryl methyl sites for hydroxylation is 1. The number of nitrogen functional groups attached to an aromatic ring is 1. The highest BCUT2D eigenvalue weighted by molar-refractivity contribution is 5.92. The van der Waals surface area contributed by atoms with Crippen molar-refractivity contribution in [1.29, 1.82) is 5.41 Å². The molecule has 1 aromatic heterocycles. The summed E-state index contributed by atoms with van der Waals surface area (Å²) in [6, 6.07) is 6.60. The maximum absolute atomic E-state index is 11.8. The third-order valence-electron chi connectivity index (χ3n) is 2.98. The van der Waals surface area contributed by atoms with Crippen molar-refractivity contribution in [3.8, 4) is 17.2 Å². The molecule has 1 heterocycles. The molecule has 0 fully saturated rings. The van der Waals surface area contributed by atoms with E-state index in [4.69, 9.17) is 20.6 Å². The van der Waals surface area contributed by atoms with Crippen LogP contribution in [0, 0.1) is 12.3 Å². The van der Waals surface area contributed by atoms with E-state index in [1.54, 1.807) is 32.2 Å². The van der Waals surface area contributed by atoms with Gasteiger partial charge in [-0.1, -0.05) is 0 Å². The molecule has 7 nitrogen and oxygen atoms in total. The Balaban J connectivity index is 2.69. The lowest BCUT2D eigenvalue weighted by atomic mass is 10.2. The van der Waals surface area contributed by atoms with Crippen LogP contribution in [0.4, 0.5) is 0 Å². The molecule has 0 radical (unpaired) electrons. The number of aromatic nitrogens is 2. The average molecular weight is 288 g/mol. The summed E-state index contributed by atoms with van der Waals surface area (Å²) in [7, 11) is 3.09. The highest BCUT2D eigenvalue weighted by atomic mass is 16.5. The van der Waals surface area contributed by atoms with Gasteiger partial charge in [0.15, 0.2) is 5.69 Å². The van der Waals surface area contributed by atoms with Crippen LogP contribution >= 0.6 is 0 Å². The molecule has 0 aliphatic rings.